The van der Waals surface area contributed by atoms with Crippen LogP contribution in [0.1, 0.15) is 34.3 Å². The molecule has 0 spiro atoms. The summed E-state index contributed by atoms with van der Waals surface area (Å²) in [6.45, 7) is 0.0347. The van der Waals surface area contributed by atoms with E-state index < -0.39 is 17.4 Å². The summed E-state index contributed by atoms with van der Waals surface area (Å²) in [6.07, 6.45) is 1.13. The minimum absolute atomic E-state index is 0.0174. The number of amides is 1. The fraction of sp³-hybridized carbons (Fsp3) is 0.316. The molecule has 1 aromatic carbocycles. The lowest BCUT2D eigenvalue weighted by Gasteiger charge is -2.37. The number of fused-ring (bicyclic) bond motifs is 1. The van der Waals surface area contributed by atoms with Crippen molar-refractivity contribution in [1.29, 1.82) is 0 Å². The van der Waals surface area contributed by atoms with Gasteiger partial charge >= 0.3 is 6.18 Å². The van der Waals surface area contributed by atoms with Crippen LogP contribution in [0.15, 0.2) is 49.1 Å². The van der Waals surface area contributed by atoms with E-state index in [0.29, 0.717) is 11.3 Å². The molecular weight excluding hydrogens is 376 g/mol. The Bertz CT molecular complexity index is 1020. The van der Waals surface area contributed by atoms with Crippen LogP contribution in [-0.2, 0) is 11.8 Å². The predicted molar refractivity (Wildman–Crippen MR) is 92.4 cm³/mol. The van der Waals surface area contributed by atoms with E-state index in [2.05, 4.69) is 9.97 Å². The molecule has 1 amide bonds. The van der Waals surface area contributed by atoms with Gasteiger partial charge in [-0.05, 0) is 6.07 Å². The van der Waals surface area contributed by atoms with Crippen LogP contribution in [0, 0.1) is 0 Å². The molecule has 3 aromatic rings. The summed E-state index contributed by atoms with van der Waals surface area (Å²) in [5, 5.41) is 0. The van der Waals surface area contributed by atoms with Crippen molar-refractivity contribution in [3.05, 3.63) is 65.7 Å². The zero-order valence-corrected chi connectivity index (χ0v) is 14.7. The molecule has 3 heterocycles. The van der Waals surface area contributed by atoms with Crippen molar-refractivity contribution in [1.82, 2.24) is 19.3 Å². The molecule has 0 radical (unpaired) electrons. The maximum atomic E-state index is 15.4. The number of hydrogen-bond donors (Lipinski definition) is 0. The fourth-order valence-electron chi connectivity index (χ4n) is 3.56. The van der Waals surface area contributed by atoms with Gasteiger partial charge in [-0.2, -0.15) is 13.2 Å². The number of halogens is 4. The van der Waals surface area contributed by atoms with Crippen LogP contribution in [0.3, 0.4) is 0 Å². The normalized spacial score (nSPS) is 17.1. The Labute approximate surface area is 157 Å². The molecule has 0 unspecified atom stereocenters. The van der Waals surface area contributed by atoms with Crippen LogP contribution in [-0.4, -0.2) is 38.3 Å². The van der Waals surface area contributed by atoms with Gasteiger partial charge < -0.3 is 4.90 Å². The quantitative estimate of drug-likeness (QED) is 0.623. The molecule has 9 heteroatoms. The van der Waals surface area contributed by atoms with Crippen LogP contribution in [0.2, 0.25) is 0 Å². The zero-order chi connectivity index (χ0) is 19.9. The van der Waals surface area contributed by atoms with Crippen molar-refractivity contribution < 1.29 is 22.4 Å². The van der Waals surface area contributed by atoms with Crippen LogP contribution < -0.4 is 0 Å². The van der Waals surface area contributed by atoms with Gasteiger partial charge in [0.05, 0.1) is 11.1 Å². The van der Waals surface area contributed by atoms with Crippen molar-refractivity contribution in [2.24, 2.45) is 0 Å². The molecule has 0 N–H and O–H groups in total. The Morgan fingerprint density at radius 3 is 2.54 bits per heavy atom. The van der Waals surface area contributed by atoms with Crippen LogP contribution in [0.25, 0.3) is 5.78 Å². The minimum atomic E-state index is -4.63. The minimum Gasteiger partial charge on any atom is -0.338 e. The molecule has 0 saturated carbocycles. The van der Waals surface area contributed by atoms with Crippen molar-refractivity contribution in [2.75, 3.05) is 13.1 Å². The molecule has 1 saturated heterocycles. The number of imidazole rings is 1. The van der Waals surface area contributed by atoms with Gasteiger partial charge in [0.1, 0.15) is 5.67 Å². The van der Waals surface area contributed by atoms with Gasteiger partial charge in [-0.3, -0.25) is 9.20 Å². The number of carbonyl (C=O) groups excluding carboxylic acids is 1. The Balaban J connectivity index is 1.53. The molecule has 1 aliphatic rings. The first-order chi connectivity index (χ1) is 13.3. The second kappa shape index (κ2) is 6.57. The molecule has 0 bridgehead atoms. The van der Waals surface area contributed by atoms with Crippen LogP contribution in [0.5, 0.6) is 0 Å². The van der Waals surface area contributed by atoms with Crippen molar-refractivity contribution in [3.8, 4) is 0 Å². The van der Waals surface area contributed by atoms with E-state index in [9.17, 15) is 18.0 Å². The summed E-state index contributed by atoms with van der Waals surface area (Å²) >= 11 is 0. The molecule has 5 nitrogen and oxygen atoms in total. The maximum absolute atomic E-state index is 15.4. The van der Waals surface area contributed by atoms with E-state index >= 15 is 4.39 Å². The fourth-order valence-corrected chi connectivity index (χ4v) is 3.56. The average molecular weight is 392 g/mol. The third-order valence-electron chi connectivity index (χ3n) is 5.05. The SMILES string of the molecule is O=C(c1cnc2nccn2c1)N1CCC(F)(c2ccccc2C(F)(F)F)CC1. The number of hydrogen-bond acceptors (Lipinski definition) is 3. The van der Waals surface area contributed by atoms with Gasteiger partial charge in [-0.25, -0.2) is 14.4 Å². The Kier molecular flexibility index (Phi) is 4.32. The van der Waals surface area contributed by atoms with Crippen molar-refractivity contribution >= 4 is 11.7 Å². The first kappa shape index (κ1) is 18.4. The lowest BCUT2D eigenvalue weighted by Crippen LogP contribution is -2.44. The summed E-state index contributed by atoms with van der Waals surface area (Å²) in [7, 11) is 0. The number of rotatable bonds is 2. The first-order valence-electron chi connectivity index (χ1n) is 8.71. The highest BCUT2D eigenvalue weighted by Crippen LogP contribution is 2.43. The van der Waals surface area contributed by atoms with Gasteiger partial charge in [0.2, 0.25) is 5.78 Å². The highest BCUT2D eigenvalue weighted by atomic mass is 19.4. The Morgan fingerprint density at radius 1 is 1.11 bits per heavy atom. The van der Waals surface area contributed by atoms with E-state index in [1.165, 1.54) is 29.3 Å². The third-order valence-corrected chi connectivity index (χ3v) is 5.05. The highest BCUT2D eigenvalue weighted by molar-refractivity contribution is 5.93. The third kappa shape index (κ3) is 3.21. The molecule has 28 heavy (non-hydrogen) atoms. The van der Waals surface area contributed by atoms with Crippen LogP contribution >= 0.6 is 0 Å². The number of alkyl halides is 4. The largest absolute Gasteiger partial charge is 0.416 e. The average Bonchev–Trinajstić information content (AvgIpc) is 3.15. The second-order valence-electron chi connectivity index (χ2n) is 6.78. The molecule has 2 aromatic heterocycles. The van der Waals surface area contributed by atoms with Gasteiger partial charge in [0, 0.05) is 56.3 Å². The first-order valence-corrected chi connectivity index (χ1v) is 8.71. The van der Waals surface area contributed by atoms with Gasteiger partial charge in [0.25, 0.3) is 5.91 Å². The molecule has 1 fully saturated rings. The van der Waals surface area contributed by atoms with Gasteiger partial charge in [-0.15, -0.1) is 0 Å². The smallest absolute Gasteiger partial charge is 0.338 e. The summed E-state index contributed by atoms with van der Waals surface area (Å²) in [4.78, 5) is 22.2. The molecule has 146 valence electrons. The standard InChI is InChI=1S/C19H16F4N4O/c20-18(14-3-1-2-4-15(14)19(21,22)23)5-8-26(9-6-18)16(28)13-11-25-17-24-7-10-27(17)12-13/h1-4,7,10-12H,5-6,8-9H2. The van der Waals surface area contributed by atoms with E-state index in [-0.39, 0.29) is 37.4 Å². The second-order valence-corrected chi connectivity index (χ2v) is 6.78. The van der Waals surface area contributed by atoms with Crippen molar-refractivity contribution in [2.45, 2.75) is 24.7 Å². The lowest BCUT2D eigenvalue weighted by molar-refractivity contribution is -0.140. The monoisotopic (exact) mass is 392 g/mol. The van der Waals surface area contributed by atoms with Gasteiger partial charge in [0.15, 0.2) is 0 Å². The number of aromatic nitrogens is 3. The molecule has 1 aliphatic heterocycles. The zero-order valence-electron chi connectivity index (χ0n) is 14.7. The number of piperidine rings is 1. The molecule has 4 rings (SSSR count). The van der Waals surface area contributed by atoms with E-state index in [4.69, 9.17) is 0 Å². The highest BCUT2D eigenvalue weighted by Gasteiger charge is 2.44. The Morgan fingerprint density at radius 2 is 1.82 bits per heavy atom. The number of likely N-dealkylation sites (tertiary alicyclic amines) is 1. The number of nitrogens with zero attached hydrogens (tertiary/aromatic N) is 4. The lowest BCUT2D eigenvalue weighted by atomic mass is 9.83. The van der Waals surface area contributed by atoms with E-state index in [1.54, 1.807) is 23.0 Å². The molecular formula is C19H16F4N4O. The van der Waals surface area contributed by atoms with Crippen molar-refractivity contribution in [3.63, 3.8) is 0 Å². The maximum Gasteiger partial charge on any atom is 0.416 e. The summed E-state index contributed by atoms with van der Waals surface area (Å²) < 4.78 is 56.8. The van der Waals surface area contributed by atoms with E-state index in [0.717, 1.165) is 6.07 Å². The number of benzene rings is 1. The molecule has 0 atom stereocenters. The van der Waals surface area contributed by atoms with Crippen LogP contribution in [0.4, 0.5) is 17.6 Å². The van der Waals surface area contributed by atoms with E-state index in [1.807, 2.05) is 0 Å². The van der Waals surface area contributed by atoms with Gasteiger partial charge in [-0.1, -0.05) is 18.2 Å². The topological polar surface area (TPSA) is 50.5 Å². The predicted octanol–water partition coefficient (Wildman–Crippen LogP) is 3.85. The summed E-state index contributed by atoms with van der Waals surface area (Å²) in [6, 6.07) is 4.71. The summed E-state index contributed by atoms with van der Waals surface area (Å²) in [5.74, 6) is 0.107. The Hall–Kier alpha value is -2.97. The number of carbonyl (C=O) groups is 1. The molecule has 0 aliphatic carbocycles. The summed E-state index contributed by atoms with van der Waals surface area (Å²) in [5.41, 5.74) is -3.15.